The van der Waals surface area contributed by atoms with Crippen molar-refractivity contribution in [2.45, 2.75) is 57.8 Å². The Hall–Kier alpha value is -1.69. The van der Waals surface area contributed by atoms with Crippen LogP contribution in [0.15, 0.2) is 59.6 Å². The summed E-state index contributed by atoms with van der Waals surface area (Å²) in [5.74, 6) is 0.834. The maximum absolute atomic E-state index is 12.7. The molecule has 1 saturated heterocycles. The number of hydrogen-bond donors (Lipinski definition) is 0. The quantitative estimate of drug-likeness (QED) is 0.501. The van der Waals surface area contributed by atoms with Gasteiger partial charge in [0.2, 0.25) is 5.91 Å². The summed E-state index contributed by atoms with van der Waals surface area (Å²) in [5.41, 5.74) is 2.09. The van der Waals surface area contributed by atoms with Crippen molar-refractivity contribution in [3.63, 3.8) is 0 Å². The van der Waals surface area contributed by atoms with Gasteiger partial charge in [0.05, 0.1) is 6.04 Å². The highest BCUT2D eigenvalue weighted by atomic mass is 35.5. The normalized spacial score (nSPS) is 20.5. The maximum Gasteiger partial charge on any atom is 0.225 e. The summed E-state index contributed by atoms with van der Waals surface area (Å²) in [5, 5.41) is 1.74. The van der Waals surface area contributed by atoms with Crippen LogP contribution in [-0.2, 0) is 11.3 Å². The third-order valence-corrected chi connectivity index (χ3v) is 7.09. The average molecular weight is 478 g/mol. The maximum atomic E-state index is 12.7. The fourth-order valence-corrected chi connectivity index (χ4v) is 5.59. The molecule has 1 unspecified atom stereocenters. The lowest BCUT2D eigenvalue weighted by Crippen LogP contribution is -2.49. The van der Waals surface area contributed by atoms with Gasteiger partial charge in [-0.2, -0.15) is 0 Å². The zero-order valence-corrected chi connectivity index (χ0v) is 20.1. The molecule has 2 aliphatic rings. The Morgan fingerprint density at radius 3 is 2.42 bits per heavy atom. The van der Waals surface area contributed by atoms with Gasteiger partial charge >= 0.3 is 0 Å². The van der Waals surface area contributed by atoms with Gasteiger partial charge in [-0.25, -0.2) is 0 Å². The summed E-state index contributed by atoms with van der Waals surface area (Å²) < 4.78 is 0. The number of rotatable bonds is 5. The van der Waals surface area contributed by atoms with Crippen LogP contribution in [0.3, 0.4) is 0 Å². The Morgan fingerprint density at radius 1 is 1.10 bits per heavy atom. The smallest absolute Gasteiger partial charge is 0.225 e. The minimum Gasteiger partial charge on any atom is -0.325 e. The number of amides is 1. The molecule has 1 heterocycles. The van der Waals surface area contributed by atoms with Crippen LogP contribution in [0.5, 0.6) is 0 Å². The van der Waals surface area contributed by atoms with Crippen LogP contribution < -0.4 is 4.90 Å². The number of benzene rings is 2. The predicted octanol–water partition coefficient (Wildman–Crippen LogP) is 6.38. The minimum absolute atomic E-state index is 0. The Labute approximate surface area is 200 Å². The molecule has 31 heavy (non-hydrogen) atoms. The molecule has 0 radical (unpaired) electrons. The SMILES string of the molecule is CC(=O)N(c1ccc(Cl)cc1)C1CSC(=NC2CCCCC2)N1Cc1ccccc1.Cl. The highest BCUT2D eigenvalue weighted by molar-refractivity contribution is 8.14. The van der Waals surface area contributed by atoms with Crippen molar-refractivity contribution in [3.8, 4) is 0 Å². The second kappa shape index (κ2) is 11.3. The van der Waals surface area contributed by atoms with E-state index in [4.69, 9.17) is 16.6 Å². The van der Waals surface area contributed by atoms with Gasteiger partial charge in [-0.15, -0.1) is 12.4 Å². The molecule has 4 rings (SSSR count). The number of amidine groups is 1. The molecule has 2 fully saturated rings. The molecule has 4 nitrogen and oxygen atoms in total. The number of aliphatic imine (C=N–C) groups is 1. The average Bonchev–Trinajstić information content (AvgIpc) is 3.12. The minimum atomic E-state index is -0.0729. The molecule has 1 amide bonds. The van der Waals surface area contributed by atoms with E-state index in [2.05, 4.69) is 29.2 Å². The molecule has 166 valence electrons. The molecular formula is C24H29Cl2N3OS. The lowest BCUT2D eigenvalue weighted by atomic mass is 9.96. The van der Waals surface area contributed by atoms with Crippen LogP contribution in [0.25, 0.3) is 0 Å². The molecule has 1 aliphatic carbocycles. The van der Waals surface area contributed by atoms with E-state index >= 15 is 0 Å². The van der Waals surface area contributed by atoms with Crippen molar-refractivity contribution in [2.24, 2.45) is 4.99 Å². The van der Waals surface area contributed by atoms with Crippen LogP contribution in [0.4, 0.5) is 5.69 Å². The number of halogens is 2. The zero-order chi connectivity index (χ0) is 20.9. The Bertz CT molecular complexity index is 885. The molecule has 0 aromatic heterocycles. The Kier molecular flexibility index (Phi) is 8.70. The third-order valence-electron chi connectivity index (χ3n) is 5.77. The van der Waals surface area contributed by atoms with Crippen molar-refractivity contribution >= 4 is 52.5 Å². The van der Waals surface area contributed by atoms with Crippen molar-refractivity contribution in [2.75, 3.05) is 10.7 Å². The second-order valence-corrected chi connectivity index (χ2v) is 9.40. The van der Waals surface area contributed by atoms with Crippen LogP contribution in [-0.4, -0.2) is 33.9 Å². The molecule has 2 aromatic carbocycles. The first kappa shape index (κ1) is 24.0. The molecule has 1 aliphatic heterocycles. The van der Waals surface area contributed by atoms with E-state index in [0.717, 1.165) is 23.2 Å². The van der Waals surface area contributed by atoms with E-state index in [1.807, 2.05) is 35.2 Å². The summed E-state index contributed by atoms with van der Waals surface area (Å²) in [7, 11) is 0. The number of thioether (sulfide) groups is 1. The van der Waals surface area contributed by atoms with Gasteiger partial charge in [-0.3, -0.25) is 14.7 Å². The van der Waals surface area contributed by atoms with Gasteiger partial charge < -0.3 is 4.90 Å². The van der Waals surface area contributed by atoms with E-state index in [0.29, 0.717) is 11.1 Å². The molecule has 7 heteroatoms. The first-order chi connectivity index (χ1) is 14.6. The molecule has 1 saturated carbocycles. The highest BCUT2D eigenvalue weighted by Crippen LogP contribution is 2.33. The third kappa shape index (κ3) is 5.97. The van der Waals surface area contributed by atoms with Crippen molar-refractivity contribution in [1.29, 1.82) is 0 Å². The molecular weight excluding hydrogens is 449 g/mol. The van der Waals surface area contributed by atoms with Gasteiger partial charge in [0, 0.05) is 29.9 Å². The molecule has 0 spiro atoms. The lowest BCUT2D eigenvalue weighted by molar-refractivity contribution is -0.117. The van der Waals surface area contributed by atoms with Crippen molar-refractivity contribution in [1.82, 2.24) is 4.90 Å². The highest BCUT2D eigenvalue weighted by Gasteiger charge is 2.37. The van der Waals surface area contributed by atoms with E-state index in [-0.39, 0.29) is 24.5 Å². The number of carbonyl (C=O) groups is 1. The van der Waals surface area contributed by atoms with E-state index in [9.17, 15) is 4.79 Å². The molecule has 2 aromatic rings. The Morgan fingerprint density at radius 2 is 1.77 bits per heavy atom. The topological polar surface area (TPSA) is 35.9 Å². The molecule has 1 atom stereocenters. The van der Waals surface area contributed by atoms with Gasteiger partial charge in [-0.05, 0) is 42.7 Å². The van der Waals surface area contributed by atoms with Crippen LogP contribution in [0.1, 0.15) is 44.6 Å². The number of carbonyl (C=O) groups excluding carboxylic acids is 1. The summed E-state index contributed by atoms with van der Waals surface area (Å²) in [6.07, 6.45) is 6.11. The van der Waals surface area contributed by atoms with E-state index in [1.165, 1.54) is 37.7 Å². The van der Waals surface area contributed by atoms with Gasteiger partial charge in [-0.1, -0.05) is 73.0 Å². The van der Waals surface area contributed by atoms with Crippen LogP contribution in [0.2, 0.25) is 5.02 Å². The van der Waals surface area contributed by atoms with Crippen molar-refractivity contribution < 1.29 is 4.79 Å². The largest absolute Gasteiger partial charge is 0.325 e. The standard InChI is InChI=1S/C24H28ClN3OS.ClH/c1-18(29)28(22-14-12-20(25)13-15-22)23-17-30-24(26-21-10-6-3-7-11-21)27(23)16-19-8-4-2-5-9-19;/h2,4-5,8-9,12-15,21,23H,3,6-7,10-11,16-17H2,1H3;1H. The summed E-state index contributed by atoms with van der Waals surface area (Å²) in [6.45, 7) is 2.37. The lowest BCUT2D eigenvalue weighted by Gasteiger charge is -2.35. The first-order valence-corrected chi connectivity index (χ1v) is 12.0. The van der Waals surface area contributed by atoms with E-state index < -0.39 is 0 Å². The van der Waals surface area contributed by atoms with Crippen LogP contribution >= 0.6 is 35.8 Å². The summed E-state index contributed by atoms with van der Waals surface area (Å²) in [4.78, 5) is 22.1. The molecule has 0 bridgehead atoms. The monoisotopic (exact) mass is 477 g/mol. The predicted molar refractivity (Wildman–Crippen MR) is 134 cm³/mol. The van der Waals surface area contributed by atoms with Gasteiger partial charge in [0.1, 0.15) is 6.17 Å². The van der Waals surface area contributed by atoms with Crippen molar-refractivity contribution in [3.05, 3.63) is 65.2 Å². The fourth-order valence-electron chi connectivity index (χ4n) is 4.26. The number of nitrogens with zero attached hydrogens (tertiary/aromatic N) is 3. The van der Waals surface area contributed by atoms with Gasteiger partial charge in [0.15, 0.2) is 5.17 Å². The number of hydrogen-bond acceptors (Lipinski definition) is 3. The van der Waals surface area contributed by atoms with Crippen LogP contribution in [0, 0.1) is 0 Å². The zero-order valence-electron chi connectivity index (χ0n) is 17.7. The first-order valence-electron chi connectivity index (χ1n) is 10.7. The Balaban J connectivity index is 0.00000272. The fraction of sp³-hybridized carbons (Fsp3) is 0.417. The second-order valence-electron chi connectivity index (χ2n) is 7.97. The number of anilines is 1. The molecule has 0 N–H and O–H groups in total. The van der Waals surface area contributed by atoms with Gasteiger partial charge in [0.25, 0.3) is 0 Å². The van der Waals surface area contributed by atoms with E-state index in [1.54, 1.807) is 18.7 Å². The summed E-state index contributed by atoms with van der Waals surface area (Å²) in [6, 6.07) is 18.4. The summed E-state index contributed by atoms with van der Waals surface area (Å²) >= 11 is 7.86.